The van der Waals surface area contributed by atoms with E-state index in [4.69, 9.17) is 17.3 Å². The molecule has 0 spiro atoms. The molecule has 1 aromatic heterocycles. The zero-order chi connectivity index (χ0) is 15.4. The number of nitrogens with zero attached hydrogens (tertiary/aromatic N) is 3. The molecule has 0 unspecified atom stereocenters. The zero-order valence-electron chi connectivity index (χ0n) is 13.1. The summed E-state index contributed by atoms with van der Waals surface area (Å²) in [4.78, 5) is 9.15. The average Bonchev–Trinajstić information content (AvgIpc) is 2.57. The Balaban J connectivity index is 0.00000192. The molecular weight excluding hydrogens is 523 g/mol. The van der Waals surface area contributed by atoms with Gasteiger partial charge >= 0.3 is 0 Å². The fourth-order valence-corrected chi connectivity index (χ4v) is 2.82. The second-order valence-electron chi connectivity index (χ2n) is 5.59. The van der Waals surface area contributed by atoms with Crippen LogP contribution in [0.2, 0.25) is 5.02 Å². The van der Waals surface area contributed by atoms with Gasteiger partial charge in [0.15, 0.2) is 0 Å². The number of rotatable bonds is 4. The van der Waals surface area contributed by atoms with Crippen LogP contribution >= 0.6 is 11.6 Å². The number of piperazine rings is 1. The van der Waals surface area contributed by atoms with Crippen LogP contribution in [0.4, 0.5) is 5.82 Å². The summed E-state index contributed by atoms with van der Waals surface area (Å²) in [5.41, 5.74) is 9.74. The molecule has 0 amide bonds. The van der Waals surface area contributed by atoms with Crippen molar-refractivity contribution in [2.75, 3.05) is 31.1 Å². The van der Waals surface area contributed by atoms with E-state index >= 15 is 0 Å². The molecule has 0 saturated carbocycles. The van der Waals surface area contributed by atoms with Crippen LogP contribution in [0.3, 0.4) is 0 Å². The summed E-state index contributed by atoms with van der Waals surface area (Å²) in [7, 11) is 0. The third-order valence-electron chi connectivity index (χ3n) is 4.04. The number of nitrogens with one attached hydrogen (secondary N) is 1. The van der Waals surface area contributed by atoms with Gasteiger partial charge in [-0.25, -0.2) is 4.98 Å². The van der Waals surface area contributed by atoms with Crippen LogP contribution in [0.25, 0.3) is 5.73 Å². The van der Waals surface area contributed by atoms with Crippen molar-refractivity contribution in [3.05, 3.63) is 64.5 Å². The van der Waals surface area contributed by atoms with Crippen molar-refractivity contribution in [3.63, 3.8) is 0 Å². The summed E-state index contributed by atoms with van der Waals surface area (Å²) in [5, 5.41) is 0.679. The largest absolute Gasteiger partial charge is 0.674 e. The molecule has 2 heterocycles. The maximum Gasteiger partial charge on any atom is 0.128 e. The third-order valence-corrected chi connectivity index (χ3v) is 4.26. The van der Waals surface area contributed by atoms with Crippen LogP contribution in [0.5, 0.6) is 0 Å². The molecule has 4 nitrogen and oxygen atoms in total. The zero-order valence-corrected chi connectivity index (χ0v) is 18.6. The van der Waals surface area contributed by atoms with Crippen LogP contribution in [-0.2, 0) is 13.1 Å². The standard InChI is InChI=1S/C17H20ClN4.Ac/c18-16-5-6-17(20-12-16)22-9-7-21(8-10-22)13-15-3-1-14(11-19)2-4-15;/h1-6,12,19H,7-11,13H2;/q-1;. The van der Waals surface area contributed by atoms with Gasteiger partial charge < -0.3 is 10.6 Å². The number of benzene rings is 1. The third kappa shape index (κ3) is 5.41. The Morgan fingerprint density at radius 3 is 2.17 bits per heavy atom. The Hall–Kier alpha value is -0.178. The molecule has 1 aliphatic rings. The molecule has 0 atom stereocenters. The SMILES string of the molecule is [Ac].[NH-]Cc1ccc(CN2CCN(c3ccc(Cl)cn3)CC2)cc1. The molecule has 2 aromatic rings. The van der Waals surface area contributed by atoms with Crippen molar-refractivity contribution in [3.8, 4) is 0 Å². The van der Waals surface area contributed by atoms with E-state index in [0.717, 1.165) is 44.1 Å². The summed E-state index contributed by atoms with van der Waals surface area (Å²) < 4.78 is 0. The van der Waals surface area contributed by atoms with E-state index < -0.39 is 0 Å². The van der Waals surface area contributed by atoms with E-state index in [9.17, 15) is 0 Å². The maximum atomic E-state index is 7.35. The first kappa shape index (κ1) is 19.2. The van der Waals surface area contributed by atoms with Crippen molar-refractivity contribution < 1.29 is 44.1 Å². The summed E-state index contributed by atoms with van der Waals surface area (Å²) >= 11 is 5.88. The molecule has 3 rings (SSSR count). The van der Waals surface area contributed by atoms with Crippen LogP contribution in [0, 0.1) is 44.1 Å². The summed E-state index contributed by atoms with van der Waals surface area (Å²) in [6.45, 7) is 5.36. The van der Waals surface area contributed by atoms with Gasteiger partial charge in [0.1, 0.15) is 5.82 Å². The molecule has 0 aliphatic carbocycles. The number of halogens is 1. The van der Waals surface area contributed by atoms with Gasteiger partial charge in [0.2, 0.25) is 0 Å². The van der Waals surface area contributed by atoms with Gasteiger partial charge in [-0.05, 0) is 17.7 Å². The number of hydrogen-bond donors (Lipinski definition) is 0. The van der Waals surface area contributed by atoms with E-state index in [0.29, 0.717) is 11.6 Å². The fraction of sp³-hybridized carbons (Fsp3) is 0.353. The van der Waals surface area contributed by atoms with E-state index in [-0.39, 0.29) is 44.1 Å². The molecule has 1 aromatic carbocycles. The summed E-state index contributed by atoms with van der Waals surface area (Å²) in [6, 6.07) is 12.3. The number of pyridine rings is 1. The van der Waals surface area contributed by atoms with E-state index in [2.05, 4.69) is 39.0 Å². The van der Waals surface area contributed by atoms with Gasteiger partial charge in [-0.3, -0.25) is 4.90 Å². The van der Waals surface area contributed by atoms with Crippen LogP contribution in [0.15, 0.2) is 42.6 Å². The van der Waals surface area contributed by atoms with Gasteiger partial charge in [-0.2, -0.15) is 0 Å². The molecule has 119 valence electrons. The first-order valence-corrected chi connectivity index (χ1v) is 7.93. The van der Waals surface area contributed by atoms with Crippen molar-refractivity contribution in [1.29, 1.82) is 0 Å². The molecule has 1 saturated heterocycles. The monoisotopic (exact) mass is 542 g/mol. The Kier molecular flexibility index (Phi) is 7.78. The molecule has 6 heteroatoms. The van der Waals surface area contributed by atoms with Crippen LogP contribution in [-0.4, -0.2) is 36.1 Å². The van der Waals surface area contributed by atoms with E-state index in [1.54, 1.807) is 6.20 Å². The smallest absolute Gasteiger partial charge is 0.128 e. The van der Waals surface area contributed by atoms with Gasteiger partial charge in [-0.1, -0.05) is 41.4 Å². The topological polar surface area (TPSA) is 43.2 Å². The summed E-state index contributed by atoms with van der Waals surface area (Å²) in [6.07, 6.45) is 1.71. The van der Waals surface area contributed by atoms with Crippen molar-refractivity contribution in [2.45, 2.75) is 13.1 Å². The van der Waals surface area contributed by atoms with E-state index in [1.165, 1.54) is 5.56 Å². The van der Waals surface area contributed by atoms with Gasteiger partial charge in [0.05, 0.1) is 5.02 Å². The van der Waals surface area contributed by atoms with Crippen molar-refractivity contribution >= 4 is 17.4 Å². The molecule has 1 aliphatic heterocycles. The molecule has 23 heavy (non-hydrogen) atoms. The van der Waals surface area contributed by atoms with Crippen molar-refractivity contribution in [2.24, 2.45) is 0 Å². The van der Waals surface area contributed by atoms with Gasteiger partial charge in [-0.15, -0.1) is 6.54 Å². The van der Waals surface area contributed by atoms with E-state index in [1.807, 2.05) is 12.1 Å². The van der Waals surface area contributed by atoms with Gasteiger partial charge in [0.25, 0.3) is 0 Å². The normalized spacial score (nSPS) is 15.3. The minimum Gasteiger partial charge on any atom is -0.674 e. The minimum absolute atomic E-state index is 0. The van der Waals surface area contributed by atoms with Crippen LogP contribution < -0.4 is 4.90 Å². The Bertz CT molecular complexity index is 595. The Morgan fingerprint density at radius 2 is 1.61 bits per heavy atom. The first-order valence-electron chi connectivity index (χ1n) is 7.56. The van der Waals surface area contributed by atoms with Gasteiger partial charge in [0, 0.05) is 83.0 Å². The number of hydrogen-bond acceptors (Lipinski definition) is 3. The number of aromatic nitrogens is 1. The predicted molar refractivity (Wildman–Crippen MR) is 91.2 cm³/mol. The predicted octanol–water partition coefficient (Wildman–Crippen LogP) is 3.61. The Morgan fingerprint density at radius 1 is 0.957 bits per heavy atom. The average molecular weight is 543 g/mol. The fourth-order valence-electron chi connectivity index (χ4n) is 2.71. The van der Waals surface area contributed by atoms with Crippen molar-refractivity contribution in [1.82, 2.24) is 9.88 Å². The summed E-state index contributed by atoms with van der Waals surface area (Å²) in [5.74, 6) is 1.00. The quantitative estimate of drug-likeness (QED) is 0.593. The first-order chi connectivity index (χ1) is 10.7. The molecule has 0 bridgehead atoms. The maximum absolute atomic E-state index is 7.35. The number of anilines is 1. The molecular formula is C17H20AcClN4-. The molecule has 1 radical (unpaired) electrons. The van der Waals surface area contributed by atoms with Crippen LogP contribution in [0.1, 0.15) is 11.1 Å². The second-order valence-corrected chi connectivity index (χ2v) is 6.03. The Labute approximate surface area is 178 Å². The second kappa shape index (κ2) is 9.34. The molecule has 1 fully saturated rings. The minimum atomic E-state index is 0. The molecule has 1 N–H and O–H groups in total.